The van der Waals surface area contributed by atoms with E-state index in [9.17, 15) is 5.11 Å². The number of phenolic OH excluding ortho intramolecular Hbond substituents is 1. The Labute approximate surface area is 88.2 Å². The van der Waals surface area contributed by atoms with E-state index in [0.29, 0.717) is 11.4 Å². The average Bonchev–Trinajstić information content (AvgIpc) is 2.30. The van der Waals surface area contributed by atoms with Gasteiger partial charge in [-0.2, -0.15) is 0 Å². The van der Waals surface area contributed by atoms with Crippen molar-refractivity contribution in [3.8, 4) is 5.75 Å². The predicted molar refractivity (Wildman–Crippen MR) is 60.9 cm³/mol. The number of rotatable bonds is 0. The van der Waals surface area contributed by atoms with Crippen LogP contribution in [0, 0.1) is 0 Å². The van der Waals surface area contributed by atoms with Crippen molar-refractivity contribution in [1.29, 1.82) is 0 Å². The van der Waals surface area contributed by atoms with Crippen LogP contribution < -0.4 is 0 Å². The van der Waals surface area contributed by atoms with Crippen LogP contribution in [0.3, 0.4) is 0 Å². The van der Waals surface area contributed by atoms with Crippen molar-refractivity contribution in [3.63, 3.8) is 0 Å². The largest absolute Gasteiger partial charge is 0.507 e. The molecule has 0 unspecified atom stereocenters. The SMILES string of the molecule is [2H]c1cc2cccnc2c2c(O)cccc12. The highest BCUT2D eigenvalue weighted by Crippen LogP contribution is 2.30. The number of pyridine rings is 1. The van der Waals surface area contributed by atoms with E-state index < -0.39 is 0 Å². The molecule has 15 heavy (non-hydrogen) atoms. The van der Waals surface area contributed by atoms with Crippen molar-refractivity contribution in [1.82, 2.24) is 4.98 Å². The van der Waals surface area contributed by atoms with Gasteiger partial charge in [-0.25, -0.2) is 0 Å². The molecule has 72 valence electrons. The Bertz CT molecular complexity index is 694. The standard InChI is InChI=1S/C13H9NO/c15-11-5-1-3-9-6-7-10-4-2-8-14-13(10)12(9)11/h1-8,15H/i6D. The lowest BCUT2D eigenvalue weighted by atomic mass is 10.1. The number of phenols is 1. The second-order valence-electron chi connectivity index (χ2n) is 3.43. The van der Waals surface area contributed by atoms with Crippen LogP contribution in [0.25, 0.3) is 21.7 Å². The van der Waals surface area contributed by atoms with Crippen molar-refractivity contribution in [2.45, 2.75) is 0 Å². The van der Waals surface area contributed by atoms with Crippen LogP contribution in [0.4, 0.5) is 0 Å². The number of hydrogen-bond donors (Lipinski definition) is 1. The third-order valence-corrected chi connectivity index (χ3v) is 2.50. The molecule has 3 rings (SSSR count). The first-order valence-corrected chi connectivity index (χ1v) is 4.73. The first-order valence-electron chi connectivity index (χ1n) is 5.23. The predicted octanol–water partition coefficient (Wildman–Crippen LogP) is 3.09. The number of nitrogens with zero attached hydrogens (tertiary/aromatic N) is 1. The van der Waals surface area contributed by atoms with Crippen LogP contribution >= 0.6 is 0 Å². The van der Waals surface area contributed by atoms with Gasteiger partial charge in [0, 0.05) is 17.0 Å². The molecule has 0 aliphatic heterocycles. The van der Waals surface area contributed by atoms with Crippen molar-refractivity contribution < 1.29 is 6.48 Å². The smallest absolute Gasteiger partial charge is 0.125 e. The van der Waals surface area contributed by atoms with Crippen LogP contribution in [0.2, 0.25) is 0 Å². The maximum atomic E-state index is 9.87. The van der Waals surface area contributed by atoms with Crippen LogP contribution in [0.1, 0.15) is 1.37 Å². The fourth-order valence-corrected chi connectivity index (χ4v) is 1.81. The summed E-state index contributed by atoms with van der Waals surface area (Å²) in [6, 6.07) is 11.1. The average molecular weight is 196 g/mol. The molecule has 3 aromatic rings. The molecule has 2 aromatic carbocycles. The quantitative estimate of drug-likeness (QED) is 0.560. The second-order valence-corrected chi connectivity index (χ2v) is 3.43. The van der Waals surface area contributed by atoms with E-state index in [1.54, 1.807) is 24.4 Å². The summed E-state index contributed by atoms with van der Waals surface area (Å²) in [5, 5.41) is 12.1. The lowest BCUT2D eigenvalue weighted by molar-refractivity contribution is 0.482. The van der Waals surface area contributed by atoms with Crippen molar-refractivity contribution in [2.75, 3.05) is 0 Å². The van der Waals surface area contributed by atoms with Gasteiger partial charge in [-0.3, -0.25) is 4.98 Å². The maximum Gasteiger partial charge on any atom is 0.125 e. The molecule has 1 heterocycles. The summed E-state index contributed by atoms with van der Waals surface area (Å²) in [5.41, 5.74) is 0.742. The van der Waals surface area contributed by atoms with E-state index in [0.717, 1.165) is 16.3 Å². The van der Waals surface area contributed by atoms with Gasteiger partial charge >= 0.3 is 0 Å². The molecule has 0 aliphatic rings. The molecule has 2 nitrogen and oxygen atoms in total. The summed E-state index contributed by atoms with van der Waals surface area (Å²) in [7, 11) is 0. The van der Waals surface area contributed by atoms with Gasteiger partial charge in [-0.05, 0) is 17.5 Å². The molecule has 0 saturated heterocycles. The molecule has 1 aromatic heterocycles. The monoisotopic (exact) mass is 196 g/mol. The van der Waals surface area contributed by atoms with Crippen molar-refractivity contribution in [2.24, 2.45) is 0 Å². The molecular weight excluding hydrogens is 186 g/mol. The Hall–Kier alpha value is -2.09. The van der Waals surface area contributed by atoms with E-state index in [2.05, 4.69) is 4.98 Å². The van der Waals surface area contributed by atoms with E-state index in [1.807, 2.05) is 18.2 Å². The number of fused-ring (bicyclic) bond motifs is 3. The molecule has 0 atom stereocenters. The van der Waals surface area contributed by atoms with E-state index in [-0.39, 0.29) is 5.75 Å². The second kappa shape index (κ2) is 2.95. The molecule has 0 amide bonds. The normalized spacial score (nSPS) is 11.9. The highest BCUT2D eigenvalue weighted by Gasteiger charge is 2.04. The fraction of sp³-hybridized carbons (Fsp3) is 0. The number of aromatic hydroxyl groups is 1. The zero-order valence-corrected chi connectivity index (χ0v) is 7.94. The first kappa shape index (κ1) is 7.23. The van der Waals surface area contributed by atoms with Gasteiger partial charge in [-0.1, -0.05) is 30.3 Å². The summed E-state index contributed by atoms with van der Waals surface area (Å²) in [4.78, 5) is 4.27. The molecule has 0 saturated carbocycles. The minimum atomic E-state index is 0.176. The van der Waals surface area contributed by atoms with Gasteiger partial charge < -0.3 is 5.11 Å². The Morgan fingerprint density at radius 2 is 1.93 bits per heavy atom. The van der Waals surface area contributed by atoms with Gasteiger partial charge in [0.05, 0.1) is 6.89 Å². The molecule has 0 spiro atoms. The third kappa shape index (κ3) is 1.15. The minimum Gasteiger partial charge on any atom is -0.507 e. The summed E-state index contributed by atoms with van der Waals surface area (Å²) in [6.07, 6.45) is 1.69. The Morgan fingerprint density at radius 3 is 2.87 bits per heavy atom. The van der Waals surface area contributed by atoms with Gasteiger partial charge in [-0.15, -0.1) is 0 Å². The highest BCUT2D eigenvalue weighted by molar-refractivity contribution is 6.08. The fourth-order valence-electron chi connectivity index (χ4n) is 1.81. The Balaban J connectivity index is 2.67. The Kier molecular flexibility index (Phi) is 1.42. The highest BCUT2D eigenvalue weighted by atomic mass is 16.3. The van der Waals surface area contributed by atoms with Gasteiger partial charge in [0.25, 0.3) is 0 Å². The molecule has 0 fully saturated rings. The Morgan fingerprint density at radius 1 is 1.07 bits per heavy atom. The summed E-state index contributed by atoms with van der Waals surface area (Å²) in [6.45, 7) is 0. The number of hydrogen-bond acceptors (Lipinski definition) is 2. The molecule has 0 aliphatic carbocycles. The van der Waals surface area contributed by atoms with Crippen LogP contribution in [0.5, 0.6) is 5.75 Å². The molecule has 2 heteroatoms. The lowest BCUT2D eigenvalue weighted by Crippen LogP contribution is -1.81. The zero-order valence-electron chi connectivity index (χ0n) is 8.94. The topological polar surface area (TPSA) is 33.1 Å². The summed E-state index contributed by atoms with van der Waals surface area (Å²) < 4.78 is 7.90. The molecular formula is C13H9NO. The summed E-state index contributed by atoms with van der Waals surface area (Å²) >= 11 is 0. The van der Waals surface area contributed by atoms with Crippen molar-refractivity contribution in [3.05, 3.63) is 48.6 Å². The van der Waals surface area contributed by atoms with Crippen molar-refractivity contribution >= 4 is 21.7 Å². The minimum absolute atomic E-state index is 0.176. The lowest BCUT2D eigenvalue weighted by Gasteiger charge is -2.04. The molecule has 0 radical (unpaired) electrons. The van der Waals surface area contributed by atoms with Crippen LogP contribution in [-0.2, 0) is 0 Å². The van der Waals surface area contributed by atoms with Crippen LogP contribution in [0.15, 0.2) is 48.6 Å². The maximum absolute atomic E-state index is 9.87. The molecule has 1 N–H and O–H groups in total. The number of benzene rings is 2. The zero-order chi connectivity index (χ0) is 11.1. The number of aromatic nitrogens is 1. The first-order chi connectivity index (χ1) is 7.77. The molecule has 0 bridgehead atoms. The summed E-state index contributed by atoms with van der Waals surface area (Å²) in [5.74, 6) is 0.176. The van der Waals surface area contributed by atoms with Crippen LogP contribution in [-0.4, -0.2) is 10.1 Å². The third-order valence-electron chi connectivity index (χ3n) is 2.50. The van der Waals surface area contributed by atoms with Gasteiger partial charge in [0.15, 0.2) is 0 Å². The van der Waals surface area contributed by atoms with E-state index in [4.69, 9.17) is 1.37 Å². The van der Waals surface area contributed by atoms with E-state index >= 15 is 0 Å². The van der Waals surface area contributed by atoms with Gasteiger partial charge in [0.2, 0.25) is 0 Å². The van der Waals surface area contributed by atoms with E-state index in [1.165, 1.54) is 0 Å². The van der Waals surface area contributed by atoms with Gasteiger partial charge in [0.1, 0.15) is 5.75 Å².